The zero-order chi connectivity index (χ0) is 11.1. The van der Waals surface area contributed by atoms with Gasteiger partial charge in [0.1, 0.15) is 11.9 Å². The van der Waals surface area contributed by atoms with Crippen LogP contribution < -0.4 is 4.74 Å². The minimum Gasteiger partial charge on any atom is -0.489 e. The first-order valence-electron chi connectivity index (χ1n) is 5.73. The molecule has 1 saturated carbocycles. The highest BCUT2D eigenvalue weighted by Gasteiger charge is 2.35. The normalized spacial score (nSPS) is 24.6. The fourth-order valence-corrected chi connectivity index (χ4v) is 2.57. The molecule has 0 N–H and O–H groups in total. The van der Waals surface area contributed by atoms with Gasteiger partial charge in [-0.2, -0.15) is 0 Å². The maximum atomic E-state index is 12.0. The maximum absolute atomic E-state index is 12.0. The van der Waals surface area contributed by atoms with Crippen LogP contribution in [0.5, 0.6) is 5.75 Å². The van der Waals surface area contributed by atoms with Crippen LogP contribution in [0.1, 0.15) is 36.0 Å². The van der Waals surface area contributed by atoms with Gasteiger partial charge in [-0.15, -0.1) is 0 Å². The fraction of sp³-hybridized carbons (Fsp3) is 0.462. The lowest BCUT2D eigenvalue weighted by Gasteiger charge is -2.36. The first-order chi connectivity index (χ1) is 7.74. The molecule has 1 fully saturated rings. The van der Waals surface area contributed by atoms with Crippen molar-refractivity contribution in [2.45, 2.75) is 31.8 Å². The number of hydrogen-bond acceptors (Lipinski definition) is 2. The van der Waals surface area contributed by atoms with E-state index in [0.29, 0.717) is 28.7 Å². The van der Waals surface area contributed by atoms with Crippen LogP contribution in [0.15, 0.2) is 18.2 Å². The van der Waals surface area contributed by atoms with Crippen molar-refractivity contribution in [3.05, 3.63) is 28.8 Å². The average molecular weight is 237 g/mol. The molecule has 0 saturated heterocycles. The van der Waals surface area contributed by atoms with Crippen LogP contribution in [0.3, 0.4) is 0 Å². The highest BCUT2D eigenvalue weighted by atomic mass is 35.5. The molecule has 0 radical (unpaired) electrons. The van der Waals surface area contributed by atoms with Gasteiger partial charge in [-0.05, 0) is 37.0 Å². The molecule has 1 aromatic rings. The van der Waals surface area contributed by atoms with Crippen LogP contribution in [-0.2, 0) is 0 Å². The molecule has 0 spiro atoms. The smallest absolute Gasteiger partial charge is 0.170 e. The van der Waals surface area contributed by atoms with Crippen molar-refractivity contribution in [2.75, 3.05) is 0 Å². The SMILES string of the molecule is O=C1CC(C2CCC2)Oc2ccc(Cl)cc21. The van der Waals surface area contributed by atoms with E-state index >= 15 is 0 Å². The molecule has 1 atom stereocenters. The van der Waals surface area contributed by atoms with Crippen molar-refractivity contribution >= 4 is 17.4 Å². The third kappa shape index (κ3) is 1.61. The Balaban J connectivity index is 1.90. The molecular formula is C13H13ClO2. The summed E-state index contributed by atoms with van der Waals surface area (Å²) in [5.74, 6) is 1.45. The summed E-state index contributed by atoms with van der Waals surface area (Å²) in [4.78, 5) is 12.0. The number of carbonyl (C=O) groups is 1. The predicted octanol–water partition coefficient (Wildman–Crippen LogP) is 3.47. The molecule has 0 amide bonds. The van der Waals surface area contributed by atoms with Crippen LogP contribution in [0.2, 0.25) is 5.02 Å². The van der Waals surface area contributed by atoms with Gasteiger partial charge < -0.3 is 4.74 Å². The Hall–Kier alpha value is -1.02. The van der Waals surface area contributed by atoms with Gasteiger partial charge in [0, 0.05) is 11.4 Å². The summed E-state index contributed by atoms with van der Waals surface area (Å²) in [6.07, 6.45) is 4.27. The highest BCUT2D eigenvalue weighted by Crippen LogP contribution is 2.38. The lowest BCUT2D eigenvalue weighted by molar-refractivity contribution is 0.0547. The van der Waals surface area contributed by atoms with Gasteiger partial charge in [0.25, 0.3) is 0 Å². The number of hydrogen-bond donors (Lipinski definition) is 0. The molecule has 1 heterocycles. The standard InChI is InChI=1S/C13H13ClO2/c14-9-4-5-12-10(6-9)11(15)7-13(16-12)8-2-1-3-8/h4-6,8,13H,1-3,7H2. The lowest BCUT2D eigenvalue weighted by atomic mass is 9.78. The summed E-state index contributed by atoms with van der Waals surface area (Å²) in [5.41, 5.74) is 0.642. The van der Waals surface area contributed by atoms with E-state index in [4.69, 9.17) is 16.3 Å². The number of rotatable bonds is 1. The van der Waals surface area contributed by atoms with E-state index in [1.54, 1.807) is 18.2 Å². The van der Waals surface area contributed by atoms with Crippen LogP contribution >= 0.6 is 11.6 Å². The third-order valence-electron chi connectivity index (χ3n) is 3.58. The average Bonchev–Trinajstić information content (AvgIpc) is 2.17. The quantitative estimate of drug-likeness (QED) is 0.746. The van der Waals surface area contributed by atoms with E-state index in [2.05, 4.69) is 0 Å². The molecule has 3 heteroatoms. The number of ketones is 1. The van der Waals surface area contributed by atoms with E-state index in [-0.39, 0.29) is 11.9 Å². The molecule has 1 aliphatic carbocycles. The van der Waals surface area contributed by atoms with Crippen molar-refractivity contribution in [3.63, 3.8) is 0 Å². The summed E-state index contributed by atoms with van der Waals surface area (Å²) in [6.45, 7) is 0. The number of fused-ring (bicyclic) bond motifs is 1. The number of ether oxygens (including phenoxy) is 1. The first kappa shape index (κ1) is 10.2. The highest BCUT2D eigenvalue weighted by molar-refractivity contribution is 6.31. The Labute approximate surface area is 99.6 Å². The monoisotopic (exact) mass is 236 g/mol. The minimum absolute atomic E-state index is 0.0925. The second-order valence-corrected chi connectivity index (χ2v) is 5.05. The van der Waals surface area contributed by atoms with Gasteiger partial charge in [0.05, 0.1) is 5.56 Å². The third-order valence-corrected chi connectivity index (χ3v) is 3.82. The summed E-state index contributed by atoms with van der Waals surface area (Å²) < 4.78 is 5.88. The van der Waals surface area contributed by atoms with Crippen molar-refractivity contribution in [2.24, 2.45) is 5.92 Å². The zero-order valence-electron chi connectivity index (χ0n) is 8.91. The van der Waals surface area contributed by atoms with Crippen molar-refractivity contribution in [1.29, 1.82) is 0 Å². The molecule has 1 aromatic carbocycles. The van der Waals surface area contributed by atoms with Gasteiger partial charge in [-0.25, -0.2) is 0 Å². The predicted molar refractivity (Wildman–Crippen MR) is 62.2 cm³/mol. The molecule has 0 bridgehead atoms. The van der Waals surface area contributed by atoms with E-state index in [0.717, 1.165) is 0 Å². The van der Waals surface area contributed by atoms with Crippen LogP contribution in [0.4, 0.5) is 0 Å². The van der Waals surface area contributed by atoms with Gasteiger partial charge in [-0.1, -0.05) is 18.0 Å². The summed E-state index contributed by atoms with van der Waals surface area (Å²) in [7, 11) is 0. The molecule has 3 rings (SSSR count). The Morgan fingerprint density at radius 1 is 1.31 bits per heavy atom. The van der Waals surface area contributed by atoms with Gasteiger partial charge in [-0.3, -0.25) is 4.79 Å². The maximum Gasteiger partial charge on any atom is 0.170 e. The Kier molecular flexibility index (Phi) is 2.40. The van der Waals surface area contributed by atoms with Gasteiger partial charge in [0.15, 0.2) is 5.78 Å². The number of halogens is 1. The van der Waals surface area contributed by atoms with Crippen molar-refractivity contribution in [3.8, 4) is 5.75 Å². The molecule has 2 nitrogen and oxygen atoms in total. The Bertz CT molecular complexity index is 438. The summed E-state index contributed by atoms with van der Waals surface area (Å²) >= 11 is 5.87. The molecule has 16 heavy (non-hydrogen) atoms. The number of benzene rings is 1. The molecule has 1 unspecified atom stereocenters. The summed E-state index contributed by atoms with van der Waals surface area (Å²) in [6, 6.07) is 5.29. The fourth-order valence-electron chi connectivity index (χ4n) is 2.39. The van der Waals surface area contributed by atoms with Crippen LogP contribution in [0, 0.1) is 5.92 Å². The van der Waals surface area contributed by atoms with E-state index in [1.165, 1.54) is 19.3 Å². The molecule has 84 valence electrons. The van der Waals surface area contributed by atoms with Gasteiger partial charge in [0.2, 0.25) is 0 Å². The van der Waals surface area contributed by atoms with E-state index in [9.17, 15) is 4.79 Å². The minimum atomic E-state index is 0.0925. The number of carbonyl (C=O) groups excluding carboxylic acids is 1. The van der Waals surface area contributed by atoms with Crippen molar-refractivity contribution in [1.82, 2.24) is 0 Å². The zero-order valence-corrected chi connectivity index (χ0v) is 9.67. The molecule has 0 aromatic heterocycles. The van der Waals surface area contributed by atoms with Gasteiger partial charge >= 0.3 is 0 Å². The van der Waals surface area contributed by atoms with Crippen molar-refractivity contribution < 1.29 is 9.53 Å². The number of Topliss-reactive ketones (excluding diaryl/α,β-unsaturated/α-hetero) is 1. The van der Waals surface area contributed by atoms with Crippen LogP contribution in [0.25, 0.3) is 0 Å². The second-order valence-electron chi connectivity index (χ2n) is 4.62. The van der Waals surface area contributed by atoms with E-state index < -0.39 is 0 Å². The first-order valence-corrected chi connectivity index (χ1v) is 6.11. The Morgan fingerprint density at radius 3 is 2.81 bits per heavy atom. The second kappa shape index (κ2) is 3.77. The largest absolute Gasteiger partial charge is 0.489 e. The van der Waals surface area contributed by atoms with E-state index in [1.807, 2.05) is 0 Å². The Morgan fingerprint density at radius 2 is 2.12 bits per heavy atom. The molecule has 1 aliphatic heterocycles. The van der Waals surface area contributed by atoms with Crippen LogP contribution in [-0.4, -0.2) is 11.9 Å². The molecule has 2 aliphatic rings. The molecular weight excluding hydrogens is 224 g/mol. The topological polar surface area (TPSA) is 26.3 Å². The lowest BCUT2D eigenvalue weighted by Crippen LogP contribution is -2.37. The summed E-state index contributed by atoms with van der Waals surface area (Å²) in [5, 5.41) is 0.595.